The van der Waals surface area contributed by atoms with Crippen molar-refractivity contribution in [3.8, 4) is 0 Å². The first-order valence-corrected chi connectivity index (χ1v) is 2.90. The second kappa shape index (κ2) is 3.38. The van der Waals surface area contributed by atoms with Crippen LogP contribution in [0.4, 0.5) is 13.2 Å². The summed E-state index contributed by atoms with van der Waals surface area (Å²) >= 11 is 0. The van der Waals surface area contributed by atoms with Gasteiger partial charge in [-0.05, 0) is 0 Å². The molecule has 4 nitrogen and oxygen atoms in total. The van der Waals surface area contributed by atoms with Gasteiger partial charge in [-0.1, -0.05) is 0 Å². The lowest BCUT2D eigenvalue weighted by molar-refractivity contribution is -0.0517. The van der Waals surface area contributed by atoms with Crippen LogP contribution in [0.3, 0.4) is 0 Å². The topological polar surface area (TPSA) is 81.0 Å². The fourth-order valence-corrected chi connectivity index (χ4v) is 0. The van der Waals surface area contributed by atoms with Gasteiger partial charge in [-0.25, -0.2) is 8.42 Å². The summed E-state index contributed by atoms with van der Waals surface area (Å²) in [5.74, 6) is 0. The molecule has 0 N–H and O–H groups in total. The molecule has 0 aromatic rings. The number of halogens is 3. The van der Waals surface area contributed by atoms with E-state index < -0.39 is 15.6 Å². The van der Waals surface area contributed by atoms with E-state index in [0.717, 1.165) is 0 Å². The van der Waals surface area contributed by atoms with Gasteiger partial charge in [0.05, 0.1) is 0 Å². The molecule has 0 radical (unpaired) electrons. The maximum absolute atomic E-state index is 10.7. The van der Waals surface area contributed by atoms with Crippen LogP contribution in [0.1, 0.15) is 0 Å². The van der Waals surface area contributed by atoms with Crippen molar-refractivity contribution in [2.45, 2.75) is 5.51 Å². The predicted octanol–water partition coefficient (Wildman–Crippen LogP) is 0.148. The van der Waals surface area contributed by atoms with Crippen molar-refractivity contribution in [3.05, 3.63) is 6.57 Å². The Balaban J connectivity index is 0. The molecule has 0 amide bonds. The summed E-state index contributed by atoms with van der Waals surface area (Å²) in [4.78, 5) is 0. The molecule has 0 rings (SSSR count). The minimum absolute atomic E-state index is 4.75. The van der Waals surface area contributed by atoms with Crippen molar-refractivity contribution in [3.63, 3.8) is 0 Å². The number of nitrogens with zero attached hydrogens (tertiary/aromatic N) is 1. The molecule has 60 valence electrons. The first kappa shape index (κ1) is 11.9. The number of hydrogen-bond acceptors (Lipinski definition) is 4. The zero-order valence-electron chi connectivity index (χ0n) is 4.21. The minimum Gasteiger partial charge on any atom is -0.741 e. The highest BCUT2D eigenvalue weighted by atomic mass is 32.2. The summed E-state index contributed by atoms with van der Waals surface area (Å²) in [6, 6.07) is 0. The van der Waals surface area contributed by atoms with E-state index in [1.807, 2.05) is 0 Å². The molecule has 0 atom stereocenters. The van der Waals surface area contributed by atoms with Gasteiger partial charge in [-0.3, -0.25) is 0 Å². The molecular formula is C2F3NO3S-2. The molecule has 0 fully saturated rings. The first-order chi connectivity index (χ1) is 4.25. The van der Waals surface area contributed by atoms with Gasteiger partial charge < -0.3 is 16.4 Å². The van der Waals surface area contributed by atoms with Crippen LogP contribution in [0.2, 0.25) is 0 Å². The summed E-state index contributed by atoms with van der Waals surface area (Å²) in [5, 5.41) is 6.25. The molecule has 0 aliphatic rings. The van der Waals surface area contributed by atoms with Gasteiger partial charge in [0.2, 0.25) is 0 Å². The van der Waals surface area contributed by atoms with E-state index in [4.69, 9.17) is 24.8 Å². The van der Waals surface area contributed by atoms with E-state index in [0.29, 0.717) is 0 Å². The quantitative estimate of drug-likeness (QED) is 0.298. The van der Waals surface area contributed by atoms with Crippen LogP contribution in [0.15, 0.2) is 0 Å². The normalized spacial score (nSPS) is 11.4. The van der Waals surface area contributed by atoms with Crippen LogP contribution in [-0.4, -0.2) is 18.5 Å². The third-order valence-electron chi connectivity index (χ3n) is 0.283. The van der Waals surface area contributed by atoms with Crippen molar-refractivity contribution in [2.75, 3.05) is 0 Å². The average Bonchev–Trinajstić information content (AvgIpc) is 1.66. The Morgan fingerprint density at radius 2 is 1.40 bits per heavy atom. The molecule has 0 aliphatic carbocycles. The van der Waals surface area contributed by atoms with Gasteiger partial charge in [0.1, 0.15) is 0 Å². The van der Waals surface area contributed by atoms with Gasteiger partial charge in [0, 0.05) is 0 Å². The molecule has 10 heavy (non-hydrogen) atoms. The number of rotatable bonds is 0. The van der Waals surface area contributed by atoms with E-state index in [1.165, 1.54) is 0 Å². The van der Waals surface area contributed by atoms with E-state index in [9.17, 15) is 13.2 Å². The maximum Gasteiger partial charge on any atom is 0.485 e. The lowest BCUT2D eigenvalue weighted by Gasteiger charge is -2.08. The molecule has 0 aliphatic heterocycles. The predicted molar refractivity (Wildman–Crippen MR) is 20.7 cm³/mol. The fraction of sp³-hybridized carbons (Fsp3) is 0.500. The number of alkyl halides is 3. The first-order valence-electron chi connectivity index (χ1n) is 1.49. The van der Waals surface area contributed by atoms with Crippen molar-refractivity contribution in [2.24, 2.45) is 0 Å². The molecule has 0 aromatic heterocycles. The Labute approximate surface area is 54.6 Å². The second-order valence-electron chi connectivity index (χ2n) is 0.900. The van der Waals surface area contributed by atoms with Crippen LogP contribution in [0, 0.1) is 11.8 Å². The monoisotopic (exact) mass is 175 g/mol. The van der Waals surface area contributed by atoms with Crippen molar-refractivity contribution >= 4 is 10.1 Å². The Morgan fingerprint density at radius 1 is 1.30 bits per heavy atom. The highest BCUT2D eigenvalue weighted by molar-refractivity contribution is 7.86. The fourth-order valence-electron chi connectivity index (χ4n) is 0. The van der Waals surface area contributed by atoms with Crippen molar-refractivity contribution in [1.29, 1.82) is 5.26 Å². The Bertz CT molecular complexity index is 202. The molecule has 0 aromatic carbocycles. The second-order valence-corrected chi connectivity index (χ2v) is 2.27. The van der Waals surface area contributed by atoms with E-state index in [-0.39, 0.29) is 0 Å². The zero-order valence-corrected chi connectivity index (χ0v) is 5.03. The molecule has 8 heteroatoms. The van der Waals surface area contributed by atoms with Crippen LogP contribution >= 0.6 is 0 Å². The molecular weight excluding hydrogens is 175 g/mol. The summed E-state index contributed by atoms with van der Waals surface area (Å²) < 4.78 is 58.9. The molecule has 0 spiro atoms. The summed E-state index contributed by atoms with van der Waals surface area (Å²) in [5.41, 5.74) is -5.65. The summed E-state index contributed by atoms with van der Waals surface area (Å²) in [6.45, 7) is 4.75. The smallest absolute Gasteiger partial charge is 0.485 e. The van der Waals surface area contributed by atoms with Gasteiger partial charge in [-0.2, -0.15) is 13.2 Å². The lowest BCUT2D eigenvalue weighted by atomic mass is 11.6. The molecule has 0 bridgehead atoms. The van der Waals surface area contributed by atoms with E-state index in [1.54, 1.807) is 0 Å². The summed E-state index contributed by atoms with van der Waals surface area (Å²) in [7, 11) is -6.09. The third kappa shape index (κ3) is 4.11. The molecule has 0 saturated carbocycles. The van der Waals surface area contributed by atoms with E-state index in [2.05, 4.69) is 0 Å². The Morgan fingerprint density at radius 3 is 1.40 bits per heavy atom. The Kier molecular flexibility index (Phi) is 4.03. The molecule has 0 unspecified atom stereocenters. The highest BCUT2D eigenvalue weighted by Gasteiger charge is 2.36. The minimum atomic E-state index is -6.09. The highest BCUT2D eigenvalue weighted by Crippen LogP contribution is 2.20. The third-order valence-corrected chi connectivity index (χ3v) is 0.850. The van der Waals surface area contributed by atoms with Crippen molar-refractivity contribution in [1.82, 2.24) is 0 Å². The number of hydrogen-bond donors (Lipinski definition) is 0. The Hall–Kier alpha value is -0.810. The zero-order chi connectivity index (χ0) is 9.00. The van der Waals surface area contributed by atoms with E-state index >= 15 is 0 Å². The van der Waals surface area contributed by atoms with Crippen LogP contribution < -0.4 is 0 Å². The van der Waals surface area contributed by atoms with Crippen LogP contribution in [0.25, 0.3) is 0 Å². The van der Waals surface area contributed by atoms with Crippen molar-refractivity contribution < 1.29 is 26.1 Å². The van der Waals surface area contributed by atoms with Gasteiger partial charge in [0.25, 0.3) is 0 Å². The molecule has 0 heterocycles. The van der Waals surface area contributed by atoms with Crippen LogP contribution in [-0.2, 0) is 10.1 Å². The lowest BCUT2D eigenvalue weighted by Crippen LogP contribution is -2.21. The van der Waals surface area contributed by atoms with Gasteiger partial charge >= 0.3 is 5.51 Å². The molecule has 0 saturated heterocycles. The largest absolute Gasteiger partial charge is 0.741 e. The summed E-state index contributed by atoms with van der Waals surface area (Å²) in [6.07, 6.45) is 0. The van der Waals surface area contributed by atoms with Crippen LogP contribution in [0.5, 0.6) is 0 Å². The van der Waals surface area contributed by atoms with Gasteiger partial charge in [0.15, 0.2) is 10.1 Å². The maximum atomic E-state index is 10.7. The average molecular weight is 175 g/mol. The standard InChI is InChI=1S/CHF3O3S.CN/c2-1(3,4)8(5,6)7;1-2/h(H,5,6,7);/q;-1/p-1. The van der Waals surface area contributed by atoms with Gasteiger partial charge in [-0.15, -0.1) is 0 Å². The SMILES string of the molecule is O=S(=O)([O-])C(F)(F)F.[C-]#N.